The summed E-state index contributed by atoms with van der Waals surface area (Å²) < 4.78 is 29.7. The van der Waals surface area contributed by atoms with Crippen LogP contribution in [0.4, 0.5) is 0 Å². The molecule has 120 valence electrons. The Bertz CT molecular complexity index is 500. The van der Waals surface area contributed by atoms with Crippen molar-refractivity contribution in [1.82, 2.24) is 5.32 Å². The van der Waals surface area contributed by atoms with Crippen LogP contribution in [0.1, 0.15) is 25.8 Å². The molecule has 0 heterocycles. The summed E-state index contributed by atoms with van der Waals surface area (Å²) in [6.45, 7) is 7.88. The highest BCUT2D eigenvalue weighted by molar-refractivity contribution is 7.85. The van der Waals surface area contributed by atoms with E-state index in [1.807, 2.05) is 44.2 Å². The second kappa shape index (κ2) is 10.4. The van der Waals surface area contributed by atoms with E-state index in [9.17, 15) is 13.5 Å². The van der Waals surface area contributed by atoms with Crippen LogP contribution in [0.25, 0.3) is 0 Å². The largest absolute Gasteiger partial charge is 0.511 e. The minimum atomic E-state index is -3.93. The van der Waals surface area contributed by atoms with Crippen molar-refractivity contribution in [3.05, 3.63) is 48.2 Å². The number of hydrogen-bond acceptors (Lipinski definition) is 4. The summed E-state index contributed by atoms with van der Waals surface area (Å²) in [5, 5.41) is 12.5. The van der Waals surface area contributed by atoms with Crippen LogP contribution in [0.2, 0.25) is 0 Å². The van der Waals surface area contributed by atoms with Crippen LogP contribution < -0.4 is 5.32 Å². The smallest absolute Gasteiger partial charge is 0.264 e. The molecule has 1 aromatic rings. The lowest BCUT2D eigenvalue weighted by atomic mass is 10.0. The van der Waals surface area contributed by atoms with Crippen LogP contribution >= 0.6 is 0 Å². The zero-order chi connectivity index (χ0) is 16.3. The Morgan fingerprint density at radius 1 is 1.29 bits per heavy atom. The third-order valence-corrected chi connectivity index (χ3v) is 3.46. The number of benzene rings is 1. The van der Waals surface area contributed by atoms with E-state index in [2.05, 4.69) is 11.9 Å². The molecule has 0 unspecified atom stereocenters. The molecule has 21 heavy (non-hydrogen) atoms. The van der Waals surface area contributed by atoms with Gasteiger partial charge < -0.3 is 10.4 Å². The van der Waals surface area contributed by atoms with Crippen molar-refractivity contribution in [3.8, 4) is 0 Å². The summed E-state index contributed by atoms with van der Waals surface area (Å²) in [6, 6.07) is 9.27. The fourth-order valence-electron chi connectivity index (χ4n) is 1.69. The Balaban J connectivity index is 0.00000191. The molecule has 0 radical (unpaired) electrons. The molecule has 0 saturated heterocycles. The van der Waals surface area contributed by atoms with Gasteiger partial charge in [-0.3, -0.25) is 4.55 Å². The summed E-state index contributed by atoms with van der Waals surface area (Å²) >= 11 is 0. The Hall–Kier alpha value is -1.37. The zero-order valence-corrected chi connectivity index (χ0v) is 13.4. The van der Waals surface area contributed by atoms with Gasteiger partial charge in [0, 0.05) is 0 Å². The number of nitrogens with one attached hydrogen (secondary N) is 1. The maximum atomic E-state index is 10.6. The van der Waals surface area contributed by atoms with E-state index in [1.165, 1.54) is 0 Å². The lowest BCUT2D eigenvalue weighted by molar-refractivity contribution is 0.340. The average molecular weight is 315 g/mol. The lowest BCUT2D eigenvalue weighted by Crippen LogP contribution is -2.34. The topological polar surface area (TPSA) is 86.6 Å². The Kier molecular flexibility index (Phi) is 9.69. The van der Waals surface area contributed by atoms with Crippen molar-refractivity contribution in [2.24, 2.45) is 0 Å². The van der Waals surface area contributed by atoms with Gasteiger partial charge >= 0.3 is 0 Å². The summed E-state index contributed by atoms with van der Waals surface area (Å²) in [7, 11) is -3.93. The monoisotopic (exact) mass is 315 g/mol. The molecule has 0 aliphatic heterocycles. The lowest BCUT2D eigenvalue weighted by Gasteiger charge is -2.17. The summed E-state index contributed by atoms with van der Waals surface area (Å²) in [5.41, 5.74) is 1.05. The molecule has 0 aliphatic carbocycles. The predicted octanol–water partition coefficient (Wildman–Crippen LogP) is 2.56. The Morgan fingerprint density at radius 3 is 2.33 bits per heavy atom. The molecule has 0 aromatic heterocycles. The maximum absolute atomic E-state index is 10.6. The summed E-state index contributed by atoms with van der Waals surface area (Å²) in [5.74, 6) is -0.286. The van der Waals surface area contributed by atoms with E-state index in [1.54, 1.807) is 0 Å². The molecule has 1 aromatic carbocycles. The van der Waals surface area contributed by atoms with E-state index in [4.69, 9.17) is 4.55 Å². The van der Waals surface area contributed by atoms with Gasteiger partial charge in [0.2, 0.25) is 0 Å². The molecule has 0 saturated carbocycles. The summed E-state index contributed by atoms with van der Waals surface area (Å²) in [4.78, 5) is 0. The molecule has 0 spiro atoms. The first-order chi connectivity index (χ1) is 9.88. The molecular formula is C15H25NO4S. The number of rotatable bonds is 8. The van der Waals surface area contributed by atoms with Gasteiger partial charge in [0.1, 0.15) is 5.76 Å². The fraction of sp³-hybridized carbons (Fsp3) is 0.467. The molecule has 1 atom stereocenters. The Labute approximate surface area is 127 Å². The highest BCUT2D eigenvalue weighted by Gasteiger charge is 2.12. The molecule has 0 fully saturated rings. The molecule has 0 bridgehead atoms. The number of hydrogen-bond donors (Lipinski definition) is 3. The number of aliphatic hydroxyl groups is 1. The molecular weight excluding hydrogens is 290 g/mol. The highest BCUT2D eigenvalue weighted by atomic mass is 32.2. The van der Waals surface area contributed by atoms with E-state index < -0.39 is 10.1 Å². The van der Waals surface area contributed by atoms with Crippen LogP contribution in [-0.4, -0.2) is 36.4 Å². The first-order valence-electron chi connectivity index (χ1n) is 6.99. The van der Waals surface area contributed by atoms with Gasteiger partial charge in [0.25, 0.3) is 10.1 Å². The van der Waals surface area contributed by atoms with E-state index in [0.717, 1.165) is 5.56 Å². The molecule has 5 nitrogen and oxygen atoms in total. The molecule has 6 heteroatoms. The SMILES string of the molecule is C=C(O)[C@H](Cc1ccccc1)NCCCS(=O)(=O)O.CC. The third kappa shape index (κ3) is 10.1. The molecule has 3 N–H and O–H groups in total. The minimum Gasteiger partial charge on any atom is -0.511 e. The molecule has 0 amide bonds. The van der Waals surface area contributed by atoms with Gasteiger partial charge in [-0.2, -0.15) is 8.42 Å². The van der Waals surface area contributed by atoms with Crippen molar-refractivity contribution in [2.45, 2.75) is 32.7 Å². The standard InChI is InChI=1S/C13H19NO4S.C2H6/c1-11(15)13(10-12-6-3-2-4-7-12)14-8-5-9-19(16,17)18;1-2/h2-4,6-7,13-15H,1,5,8-10H2,(H,16,17,18);1-2H3/t13-;/m0./s1. The van der Waals surface area contributed by atoms with Crippen LogP contribution in [0.3, 0.4) is 0 Å². The van der Waals surface area contributed by atoms with Crippen molar-refractivity contribution < 1.29 is 18.1 Å². The molecule has 0 aliphatic rings. The molecule has 1 rings (SSSR count). The first-order valence-corrected chi connectivity index (χ1v) is 8.59. The van der Waals surface area contributed by atoms with E-state index >= 15 is 0 Å². The Morgan fingerprint density at radius 2 is 1.86 bits per heavy atom. The van der Waals surface area contributed by atoms with Crippen LogP contribution in [0.15, 0.2) is 42.7 Å². The van der Waals surface area contributed by atoms with Gasteiger partial charge in [-0.1, -0.05) is 50.8 Å². The van der Waals surface area contributed by atoms with Crippen LogP contribution in [-0.2, 0) is 16.5 Å². The minimum absolute atomic E-state index is 0.00992. The van der Waals surface area contributed by atoms with Crippen molar-refractivity contribution in [2.75, 3.05) is 12.3 Å². The average Bonchev–Trinajstić information content (AvgIpc) is 2.44. The zero-order valence-electron chi connectivity index (χ0n) is 12.6. The van der Waals surface area contributed by atoms with E-state index in [0.29, 0.717) is 13.0 Å². The van der Waals surface area contributed by atoms with Gasteiger partial charge in [0.05, 0.1) is 11.8 Å². The normalized spacial score (nSPS) is 12.1. The van der Waals surface area contributed by atoms with Gasteiger partial charge in [-0.25, -0.2) is 0 Å². The summed E-state index contributed by atoms with van der Waals surface area (Å²) in [6.07, 6.45) is 0.847. The van der Waals surface area contributed by atoms with Crippen LogP contribution in [0.5, 0.6) is 0 Å². The predicted molar refractivity (Wildman–Crippen MR) is 86.1 cm³/mol. The van der Waals surface area contributed by atoms with Crippen LogP contribution in [0, 0.1) is 0 Å². The quantitative estimate of drug-likeness (QED) is 0.390. The third-order valence-electron chi connectivity index (χ3n) is 2.65. The second-order valence-electron chi connectivity index (χ2n) is 4.33. The van der Waals surface area contributed by atoms with E-state index in [-0.39, 0.29) is 24.0 Å². The second-order valence-corrected chi connectivity index (χ2v) is 5.90. The first kappa shape index (κ1) is 19.6. The van der Waals surface area contributed by atoms with Gasteiger partial charge in [0.15, 0.2) is 0 Å². The maximum Gasteiger partial charge on any atom is 0.264 e. The van der Waals surface area contributed by atoms with Crippen molar-refractivity contribution >= 4 is 10.1 Å². The highest BCUT2D eigenvalue weighted by Crippen LogP contribution is 2.07. The fourth-order valence-corrected chi connectivity index (χ4v) is 2.20. The number of aliphatic hydroxyl groups excluding tert-OH is 1. The van der Waals surface area contributed by atoms with Gasteiger partial charge in [-0.05, 0) is 24.9 Å². The van der Waals surface area contributed by atoms with Gasteiger partial charge in [-0.15, -0.1) is 0 Å². The van der Waals surface area contributed by atoms with Crippen molar-refractivity contribution in [3.63, 3.8) is 0 Å². The van der Waals surface area contributed by atoms with Crippen molar-refractivity contribution in [1.29, 1.82) is 0 Å².